The minimum absolute atomic E-state index is 0.0384. The molecule has 4 aromatic carbocycles. The molecular formula is C40H44N4O4. The molecule has 2 unspecified atom stereocenters. The van der Waals surface area contributed by atoms with Crippen LogP contribution in [0.25, 0.3) is 12.2 Å². The average Bonchev–Trinajstić information content (AvgIpc) is 3.81. The van der Waals surface area contributed by atoms with Crippen molar-refractivity contribution in [1.29, 1.82) is 0 Å². The minimum atomic E-state index is -0.856. The van der Waals surface area contributed by atoms with Gasteiger partial charge in [0.15, 0.2) is 0 Å². The second-order valence-electron chi connectivity index (χ2n) is 12.7. The van der Waals surface area contributed by atoms with Gasteiger partial charge in [-0.25, -0.2) is 0 Å². The van der Waals surface area contributed by atoms with E-state index in [0.717, 1.165) is 59.3 Å². The zero-order chi connectivity index (χ0) is 33.3. The number of rotatable bonds is 12. The highest BCUT2D eigenvalue weighted by atomic mass is 16.3. The molecule has 2 aliphatic rings. The summed E-state index contributed by atoms with van der Waals surface area (Å²) in [4.78, 5) is 29.6. The first-order valence-electron chi connectivity index (χ1n) is 16.9. The molecule has 2 aliphatic heterocycles. The maximum absolute atomic E-state index is 13.0. The van der Waals surface area contributed by atoms with Gasteiger partial charge >= 0.3 is 0 Å². The van der Waals surface area contributed by atoms with Crippen LogP contribution in [0.5, 0.6) is 0 Å². The van der Waals surface area contributed by atoms with Gasteiger partial charge in [-0.15, -0.1) is 0 Å². The molecule has 0 saturated carbocycles. The highest BCUT2D eigenvalue weighted by Crippen LogP contribution is 2.25. The van der Waals surface area contributed by atoms with Gasteiger partial charge in [0, 0.05) is 24.5 Å². The van der Waals surface area contributed by atoms with E-state index in [1.54, 1.807) is 9.80 Å². The number of amides is 2. The lowest BCUT2D eigenvalue weighted by Crippen LogP contribution is -2.46. The summed E-state index contributed by atoms with van der Waals surface area (Å²) in [5.74, 6) is 0.0769. The number of nitrogens with one attached hydrogen (secondary N) is 2. The van der Waals surface area contributed by atoms with Crippen molar-refractivity contribution in [2.24, 2.45) is 0 Å². The van der Waals surface area contributed by atoms with Gasteiger partial charge in [-0.3, -0.25) is 9.59 Å². The van der Waals surface area contributed by atoms with Crippen molar-refractivity contribution in [3.8, 4) is 0 Å². The summed E-state index contributed by atoms with van der Waals surface area (Å²) < 4.78 is 0. The van der Waals surface area contributed by atoms with Crippen molar-refractivity contribution in [1.82, 2.24) is 9.80 Å². The molecule has 0 aromatic heterocycles. The molecule has 0 radical (unpaired) electrons. The van der Waals surface area contributed by atoms with Crippen LogP contribution in [-0.4, -0.2) is 69.5 Å². The summed E-state index contributed by atoms with van der Waals surface area (Å²) in [5, 5.41) is 28.3. The van der Waals surface area contributed by atoms with E-state index < -0.39 is 12.5 Å². The third kappa shape index (κ3) is 8.51. The van der Waals surface area contributed by atoms with E-state index in [9.17, 15) is 19.8 Å². The van der Waals surface area contributed by atoms with Crippen LogP contribution in [0.4, 0.5) is 11.4 Å². The zero-order valence-corrected chi connectivity index (χ0v) is 27.1. The fraction of sp³-hybridized carbons (Fsp3) is 0.300. The van der Waals surface area contributed by atoms with Crippen LogP contribution in [0.3, 0.4) is 0 Å². The lowest BCUT2D eigenvalue weighted by atomic mass is 10.1. The molecule has 2 amide bonds. The first kappa shape index (κ1) is 33.0. The summed E-state index contributed by atoms with van der Waals surface area (Å²) in [6.07, 6.45) is 6.28. The second-order valence-corrected chi connectivity index (χ2v) is 12.7. The summed E-state index contributed by atoms with van der Waals surface area (Å²) in [5.41, 5.74) is 5.55. The quantitative estimate of drug-likeness (QED) is 0.115. The maximum atomic E-state index is 13.0. The van der Waals surface area contributed by atoms with Gasteiger partial charge in [0.1, 0.15) is 12.5 Å². The number of carbonyl (C=O) groups excluding carboxylic acids is 2. The Morgan fingerprint density at radius 2 is 0.979 bits per heavy atom. The predicted molar refractivity (Wildman–Crippen MR) is 191 cm³/mol. The van der Waals surface area contributed by atoms with Gasteiger partial charge < -0.3 is 30.6 Å². The molecule has 2 saturated heterocycles. The number of aliphatic hydroxyl groups excluding tert-OH is 2. The number of carbonyl (C=O) groups is 2. The van der Waals surface area contributed by atoms with E-state index in [-0.39, 0.29) is 23.9 Å². The molecule has 248 valence electrons. The Morgan fingerprint density at radius 1 is 0.604 bits per heavy atom. The van der Waals surface area contributed by atoms with Crippen molar-refractivity contribution in [2.45, 2.75) is 63.1 Å². The van der Waals surface area contributed by atoms with Crippen molar-refractivity contribution >= 4 is 35.3 Å². The van der Waals surface area contributed by atoms with Crippen LogP contribution in [0.1, 0.15) is 47.9 Å². The van der Waals surface area contributed by atoms with Gasteiger partial charge in [-0.1, -0.05) is 97.1 Å². The number of hydrogen-bond acceptors (Lipinski definition) is 6. The number of anilines is 2. The zero-order valence-electron chi connectivity index (χ0n) is 27.1. The van der Waals surface area contributed by atoms with Crippen LogP contribution >= 0.6 is 0 Å². The Hall–Kier alpha value is -4.92. The third-order valence-corrected chi connectivity index (χ3v) is 9.28. The second kappa shape index (κ2) is 15.8. The maximum Gasteiger partial charge on any atom is 0.227 e. The molecule has 4 atom stereocenters. The molecule has 8 heteroatoms. The van der Waals surface area contributed by atoms with Crippen LogP contribution in [0.15, 0.2) is 109 Å². The Labute approximate surface area is 282 Å². The molecule has 2 fully saturated rings. The van der Waals surface area contributed by atoms with E-state index in [0.29, 0.717) is 25.9 Å². The summed E-state index contributed by atoms with van der Waals surface area (Å²) in [6.45, 7) is 1.32. The molecule has 2 heterocycles. The molecule has 8 nitrogen and oxygen atoms in total. The van der Waals surface area contributed by atoms with Gasteiger partial charge in [-0.05, 0) is 72.2 Å². The largest absolute Gasteiger partial charge is 0.372 e. The number of aliphatic hydroxyl groups is 2. The predicted octanol–water partition coefficient (Wildman–Crippen LogP) is 5.79. The Kier molecular flexibility index (Phi) is 10.8. The summed E-state index contributed by atoms with van der Waals surface area (Å²) in [6, 6.07) is 34.6. The molecular weight excluding hydrogens is 600 g/mol. The topological polar surface area (TPSA) is 105 Å². The van der Waals surface area contributed by atoms with Crippen LogP contribution in [0.2, 0.25) is 0 Å². The molecule has 0 bridgehead atoms. The molecule has 0 aliphatic carbocycles. The lowest BCUT2D eigenvalue weighted by molar-refractivity contribution is -0.133. The van der Waals surface area contributed by atoms with E-state index >= 15 is 0 Å². The van der Waals surface area contributed by atoms with E-state index in [1.165, 1.54) is 0 Å². The monoisotopic (exact) mass is 644 g/mol. The molecule has 4 aromatic rings. The molecule has 6 rings (SSSR count). The molecule has 0 spiro atoms. The van der Waals surface area contributed by atoms with Crippen LogP contribution in [0, 0.1) is 0 Å². The van der Waals surface area contributed by atoms with Crippen molar-refractivity contribution in [2.75, 3.05) is 23.7 Å². The molecule has 4 N–H and O–H groups in total. The van der Waals surface area contributed by atoms with E-state index in [1.807, 2.05) is 121 Å². The highest BCUT2D eigenvalue weighted by Gasteiger charge is 2.35. The van der Waals surface area contributed by atoms with Crippen LogP contribution < -0.4 is 10.6 Å². The number of hydrogen-bond donors (Lipinski definition) is 4. The summed E-state index contributed by atoms with van der Waals surface area (Å²) >= 11 is 0. The van der Waals surface area contributed by atoms with Crippen LogP contribution in [-0.2, 0) is 22.4 Å². The van der Waals surface area contributed by atoms with Gasteiger partial charge in [0.25, 0.3) is 0 Å². The number of benzene rings is 4. The number of nitrogens with zero attached hydrogens (tertiary/aromatic N) is 2. The Morgan fingerprint density at radius 3 is 1.35 bits per heavy atom. The van der Waals surface area contributed by atoms with Crippen molar-refractivity contribution in [3.05, 3.63) is 131 Å². The fourth-order valence-corrected chi connectivity index (χ4v) is 6.71. The first-order chi connectivity index (χ1) is 23.4. The normalized spacial score (nSPS) is 19.0. The minimum Gasteiger partial charge on any atom is -0.372 e. The fourth-order valence-electron chi connectivity index (χ4n) is 6.71. The standard InChI is InChI=1S/C40H44N4O4/c45-37(27-31-9-3-1-4-10-31)43-25-7-13-35(43)39(47)41-33-21-17-29(18-22-33)15-16-30-19-23-34(24-20-30)42-40(48)36-14-8-26-44(36)38(46)28-32-11-5-2-6-12-32/h1-6,9-12,15-24,35-36,39-42,47-48H,7-8,13-14,25-28H2/b16-15+/t35-,36-,39?,40?/m0/s1. The van der Waals surface area contributed by atoms with Gasteiger partial charge in [0.2, 0.25) is 11.8 Å². The SMILES string of the molecule is O=C(Cc1ccccc1)N1CCC[C@H]1C(O)Nc1ccc(/C=C/c2ccc(NC(O)[C@@H]3CCCN3C(=O)Cc3ccccc3)cc2)cc1. The molecule has 48 heavy (non-hydrogen) atoms. The van der Waals surface area contributed by atoms with Gasteiger partial charge in [-0.2, -0.15) is 0 Å². The first-order valence-corrected chi connectivity index (χ1v) is 16.9. The third-order valence-electron chi connectivity index (χ3n) is 9.28. The number of likely N-dealkylation sites (tertiary alicyclic amines) is 2. The average molecular weight is 645 g/mol. The Bertz CT molecular complexity index is 1540. The van der Waals surface area contributed by atoms with Gasteiger partial charge in [0.05, 0.1) is 24.9 Å². The van der Waals surface area contributed by atoms with E-state index in [2.05, 4.69) is 10.6 Å². The summed E-state index contributed by atoms with van der Waals surface area (Å²) in [7, 11) is 0. The lowest BCUT2D eigenvalue weighted by Gasteiger charge is -2.30. The van der Waals surface area contributed by atoms with Crippen molar-refractivity contribution in [3.63, 3.8) is 0 Å². The smallest absolute Gasteiger partial charge is 0.227 e. The Balaban J connectivity index is 0.981. The van der Waals surface area contributed by atoms with Crippen molar-refractivity contribution < 1.29 is 19.8 Å². The highest BCUT2D eigenvalue weighted by molar-refractivity contribution is 5.80. The van der Waals surface area contributed by atoms with E-state index in [4.69, 9.17) is 0 Å².